The normalized spacial score (nSPS) is 23.8. The van der Waals surface area contributed by atoms with Crippen LogP contribution in [0.3, 0.4) is 0 Å². The molecule has 5 rings (SSSR count). The summed E-state index contributed by atoms with van der Waals surface area (Å²) in [7, 11) is 3.38. The van der Waals surface area contributed by atoms with Crippen molar-refractivity contribution in [2.24, 2.45) is 0 Å². The highest BCUT2D eigenvalue weighted by molar-refractivity contribution is 6.31. The van der Waals surface area contributed by atoms with E-state index in [2.05, 4.69) is 20.6 Å². The van der Waals surface area contributed by atoms with Crippen LogP contribution in [0.15, 0.2) is 36.7 Å². The zero-order valence-corrected chi connectivity index (χ0v) is 21.0. The number of benzene rings is 2. The van der Waals surface area contributed by atoms with Gasteiger partial charge in [-0.3, -0.25) is 9.69 Å². The Kier molecular flexibility index (Phi) is 7.29. The first-order chi connectivity index (χ1) is 17.8. The number of aliphatic hydroxyl groups is 1. The van der Waals surface area contributed by atoms with Crippen LogP contribution in [-0.4, -0.2) is 84.1 Å². The first kappa shape index (κ1) is 25.4. The fourth-order valence-corrected chi connectivity index (χ4v) is 4.80. The van der Waals surface area contributed by atoms with Crippen LogP contribution in [0.1, 0.15) is 6.42 Å². The summed E-state index contributed by atoms with van der Waals surface area (Å²) in [5.41, 5.74) is 0.747. The van der Waals surface area contributed by atoms with Gasteiger partial charge in [0.15, 0.2) is 17.3 Å². The van der Waals surface area contributed by atoms with Gasteiger partial charge in [0.05, 0.1) is 54.7 Å². The Morgan fingerprint density at radius 1 is 1.27 bits per heavy atom. The van der Waals surface area contributed by atoms with Crippen molar-refractivity contribution in [3.63, 3.8) is 0 Å². The Bertz CT molecular complexity index is 1310. The fraction of sp³-hybridized carbons (Fsp3) is 0.400. The topological polar surface area (TPSA) is 118 Å². The zero-order chi connectivity index (χ0) is 26.1. The number of likely N-dealkylation sites (tertiary alicyclic amines) is 1. The Balaban J connectivity index is 1.36. The van der Waals surface area contributed by atoms with Gasteiger partial charge in [-0.05, 0) is 25.2 Å². The van der Waals surface area contributed by atoms with Gasteiger partial charge in [-0.15, -0.1) is 0 Å². The molecular weight excluding hydrogens is 505 g/mol. The minimum Gasteiger partial charge on any atom is -0.493 e. The van der Waals surface area contributed by atoms with Crippen molar-refractivity contribution >= 4 is 39.9 Å². The van der Waals surface area contributed by atoms with Crippen molar-refractivity contribution in [2.45, 2.75) is 30.7 Å². The summed E-state index contributed by atoms with van der Waals surface area (Å²) >= 11 is 5.92. The van der Waals surface area contributed by atoms with Crippen molar-refractivity contribution < 1.29 is 28.5 Å². The number of halogens is 2. The van der Waals surface area contributed by atoms with Crippen LogP contribution < -0.4 is 20.1 Å². The van der Waals surface area contributed by atoms with E-state index in [9.17, 15) is 14.3 Å². The molecule has 196 valence electrons. The average molecular weight is 532 g/mol. The third kappa shape index (κ3) is 5.26. The van der Waals surface area contributed by atoms with E-state index < -0.39 is 24.0 Å². The van der Waals surface area contributed by atoms with Gasteiger partial charge < -0.3 is 30.0 Å². The lowest BCUT2D eigenvalue weighted by molar-refractivity contribution is -0.126. The highest BCUT2D eigenvalue weighted by atomic mass is 35.5. The molecule has 2 aliphatic rings. The summed E-state index contributed by atoms with van der Waals surface area (Å²) in [5.74, 6) is 0.510. The molecule has 37 heavy (non-hydrogen) atoms. The third-order valence-electron chi connectivity index (χ3n) is 6.61. The number of likely N-dealkylation sites (N-methyl/N-ethyl adjacent to an activating group) is 1. The van der Waals surface area contributed by atoms with Crippen LogP contribution >= 0.6 is 11.6 Å². The molecule has 1 amide bonds. The number of aliphatic hydroxyl groups excluding tert-OH is 1. The molecule has 3 heterocycles. The van der Waals surface area contributed by atoms with E-state index in [1.165, 1.54) is 19.5 Å². The van der Waals surface area contributed by atoms with Crippen LogP contribution in [0.5, 0.6) is 11.5 Å². The van der Waals surface area contributed by atoms with Crippen molar-refractivity contribution in [3.05, 3.63) is 47.5 Å². The van der Waals surface area contributed by atoms with Crippen molar-refractivity contribution in [2.75, 3.05) is 39.2 Å². The quantitative estimate of drug-likeness (QED) is 0.422. The number of carbonyl (C=O) groups is 1. The van der Waals surface area contributed by atoms with E-state index in [-0.39, 0.29) is 35.9 Å². The number of hydrogen-bond donors (Lipinski definition) is 3. The molecule has 0 bridgehead atoms. The number of ether oxygens (including phenoxy) is 3. The van der Waals surface area contributed by atoms with Crippen LogP contribution in [0.2, 0.25) is 5.02 Å². The summed E-state index contributed by atoms with van der Waals surface area (Å²) in [4.78, 5) is 23.4. The second-order valence-corrected chi connectivity index (χ2v) is 9.53. The highest BCUT2D eigenvalue weighted by Gasteiger charge is 2.38. The van der Waals surface area contributed by atoms with Crippen LogP contribution in [0, 0.1) is 5.82 Å². The fourth-order valence-electron chi connectivity index (χ4n) is 4.63. The number of hydrogen-bond acceptors (Lipinski definition) is 9. The molecule has 2 aliphatic heterocycles. The van der Waals surface area contributed by atoms with Crippen molar-refractivity contribution in [1.82, 2.24) is 20.2 Å². The van der Waals surface area contributed by atoms with Crippen molar-refractivity contribution in [3.8, 4) is 11.5 Å². The molecule has 0 aliphatic carbocycles. The zero-order valence-electron chi connectivity index (χ0n) is 20.3. The molecule has 3 aromatic rings. The van der Waals surface area contributed by atoms with E-state index in [0.29, 0.717) is 41.2 Å². The Morgan fingerprint density at radius 3 is 2.86 bits per heavy atom. The maximum atomic E-state index is 14.5. The largest absolute Gasteiger partial charge is 0.493 e. The van der Waals surface area contributed by atoms with Gasteiger partial charge in [-0.1, -0.05) is 17.7 Å². The van der Waals surface area contributed by atoms with Gasteiger partial charge in [-0.25, -0.2) is 14.4 Å². The van der Waals surface area contributed by atoms with E-state index in [0.717, 1.165) is 0 Å². The van der Waals surface area contributed by atoms with Crippen LogP contribution in [0.25, 0.3) is 10.9 Å². The highest BCUT2D eigenvalue weighted by Crippen LogP contribution is 2.37. The second-order valence-electron chi connectivity index (χ2n) is 9.12. The molecule has 0 saturated carbocycles. The minimum absolute atomic E-state index is 0.00651. The molecule has 12 heteroatoms. The summed E-state index contributed by atoms with van der Waals surface area (Å²) in [6, 6.07) is 7.28. The van der Waals surface area contributed by atoms with E-state index in [4.69, 9.17) is 25.8 Å². The average Bonchev–Trinajstić information content (AvgIpc) is 3.46. The number of rotatable bonds is 7. The minimum atomic E-state index is -0.713. The summed E-state index contributed by atoms with van der Waals surface area (Å²) in [6.07, 6.45) is 0.796. The molecule has 3 N–H and O–H groups in total. The number of methoxy groups -OCH3 is 1. The van der Waals surface area contributed by atoms with E-state index in [1.807, 2.05) is 11.9 Å². The van der Waals surface area contributed by atoms with Crippen molar-refractivity contribution in [1.29, 1.82) is 0 Å². The number of anilines is 2. The summed E-state index contributed by atoms with van der Waals surface area (Å²) in [5, 5.41) is 16.4. The molecule has 0 unspecified atom stereocenters. The molecule has 0 radical (unpaired) electrons. The number of amides is 1. The maximum absolute atomic E-state index is 14.5. The monoisotopic (exact) mass is 531 g/mol. The molecule has 4 atom stereocenters. The molecule has 2 aromatic carbocycles. The molecule has 10 nitrogen and oxygen atoms in total. The number of carbonyl (C=O) groups excluding carboxylic acids is 1. The lowest BCUT2D eigenvalue weighted by atomic mass is 10.1. The van der Waals surface area contributed by atoms with Gasteiger partial charge in [0.25, 0.3) is 0 Å². The van der Waals surface area contributed by atoms with Gasteiger partial charge >= 0.3 is 0 Å². The summed E-state index contributed by atoms with van der Waals surface area (Å²) in [6.45, 7) is 1.01. The maximum Gasteiger partial charge on any atom is 0.237 e. The Hall–Kier alpha value is -3.25. The molecular formula is C25H27ClFN5O5. The summed E-state index contributed by atoms with van der Waals surface area (Å²) < 4.78 is 31.6. The predicted molar refractivity (Wildman–Crippen MR) is 135 cm³/mol. The predicted octanol–water partition coefficient (Wildman–Crippen LogP) is 2.50. The smallest absolute Gasteiger partial charge is 0.237 e. The van der Waals surface area contributed by atoms with Crippen LogP contribution in [0.4, 0.5) is 15.9 Å². The standard InChI is InChI=1S/C25H27ClFN5O5/c1-32-9-13(6-19(32)25(34)31-18-10-36-11-20(18)33)37-22-7-14-17(8-21(22)35-2)28-12-29-24(14)30-16-5-3-4-15(26)23(16)27/h3-5,7-8,12-13,18-20,33H,6,9-11H2,1-2H3,(H,31,34)(H,28,29,30)/t13-,18-,19+,20-/m0/s1. The van der Waals surface area contributed by atoms with E-state index >= 15 is 0 Å². The number of fused-ring (bicyclic) bond motifs is 1. The van der Waals surface area contributed by atoms with E-state index in [1.54, 1.807) is 24.3 Å². The lowest BCUT2D eigenvalue weighted by Gasteiger charge is -2.21. The van der Waals surface area contributed by atoms with Gasteiger partial charge in [0.2, 0.25) is 5.91 Å². The number of nitrogens with one attached hydrogen (secondary N) is 2. The lowest BCUT2D eigenvalue weighted by Crippen LogP contribution is -2.49. The molecule has 2 fully saturated rings. The van der Waals surface area contributed by atoms with Crippen LogP contribution in [-0.2, 0) is 9.53 Å². The molecule has 2 saturated heterocycles. The van der Waals surface area contributed by atoms with Gasteiger partial charge in [0.1, 0.15) is 18.2 Å². The first-order valence-electron chi connectivity index (χ1n) is 11.8. The van der Waals surface area contributed by atoms with Gasteiger partial charge in [-0.2, -0.15) is 0 Å². The van der Waals surface area contributed by atoms with Gasteiger partial charge in [0, 0.05) is 24.4 Å². The SMILES string of the molecule is COc1cc2ncnc(Nc3cccc(Cl)c3F)c2cc1O[C@H]1C[C@H](C(=O)N[C@H]2COC[C@@H]2O)N(C)C1. The Morgan fingerprint density at radius 2 is 2.11 bits per heavy atom. The third-order valence-corrected chi connectivity index (χ3v) is 6.90. The number of aromatic nitrogens is 2. The first-order valence-corrected chi connectivity index (χ1v) is 12.2. The second kappa shape index (κ2) is 10.6. The molecule has 0 spiro atoms. The Labute approximate surface area is 217 Å². The molecule has 1 aromatic heterocycles. The number of nitrogens with zero attached hydrogens (tertiary/aromatic N) is 3.